The first-order valence-corrected chi connectivity index (χ1v) is 5.33. The number of nitrogen functional groups attached to an aromatic ring is 1. The van der Waals surface area contributed by atoms with Crippen molar-refractivity contribution in [3.63, 3.8) is 0 Å². The third-order valence-corrected chi connectivity index (χ3v) is 2.57. The van der Waals surface area contributed by atoms with Crippen molar-refractivity contribution in [2.45, 2.75) is 0 Å². The summed E-state index contributed by atoms with van der Waals surface area (Å²) < 4.78 is 4.44. The molecule has 1 aromatic heterocycles. The van der Waals surface area contributed by atoms with Crippen molar-refractivity contribution in [2.24, 2.45) is 0 Å². The number of fused-ring (bicyclic) bond motifs is 1. The van der Waals surface area contributed by atoms with Crippen LogP contribution in [0.25, 0.3) is 10.9 Å². The molecule has 1 aromatic carbocycles. The van der Waals surface area contributed by atoms with Crippen molar-refractivity contribution >= 4 is 28.5 Å². The average molecular weight is 247 g/mol. The van der Waals surface area contributed by atoms with Gasteiger partial charge in [0.15, 0.2) is 0 Å². The van der Waals surface area contributed by atoms with Crippen LogP contribution in [0.3, 0.4) is 0 Å². The van der Waals surface area contributed by atoms with E-state index < -0.39 is 5.97 Å². The van der Waals surface area contributed by atoms with E-state index in [1.807, 2.05) is 0 Å². The molecule has 18 heavy (non-hydrogen) atoms. The molecule has 0 bridgehead atoms. The van der Waals surface area contributed by atoms with Crippen LogP contribution in [0.5, 0.6) is 0 Å². The fourth-order valence-corrected chi connectivity index (χ4v) is 1.65. The second-order valence-electron chi connectivity index (χ2n) is 3.77. The zero-order valence-electron chi connectivity index (χ0n) is 9.82. The molecule has 1 heterocycles. The van der Waals surface area contributed by atoms with E-state index in [9.17, 15) is 9.59 Å². The molecule has 4 N–H and O–H groups in total. The highest BCUT2D eigenvalue weighted by atomic mass is 16.5. The van der Waals surface area contributed by atoms with E-state index in [2.05, 4.69) is 15.0 Å². The van der Waals surface area contributed by atoms with Gasteiger partial charge in [-0.1, -0.05) is 0 Å². The number of ether oxygens (including phenoxy) is 1. The van der Waals surface area contributed by atoms with Gasteiger partial charge in [0.2, 0.25) is 0 Å². The molecule has 0 atom stereocenters. The Kier molecular flexibility index (Phi) is 3.18. The van der Waals surface area contributed by atoms with Crippen molar-refractivity contribution < 1.29 is 14.3 Å². The summed E-state index contributed by atoms with van der Waals surface area (Å²) in [6.07, 6.45) is 1.58. The van der Waals surface area contributed by atoms with E-state index in [0.29, 0.717) is 11.3 Å². The number of nitrogens with two attached hydrogens (primary N) is 1. The van der Waals surface area contributed by atoms with E-state index in [0.717, 1.165) is 10.9 Å². The van der Waals surface area contributed by atoms with Crippen LogP contribution in [0.2, 0.25) is 0 Å². The molecule has 0 saturated carbocycles. The Morgan fingerprint density at radius 2 is 2.22 bits per heavy atom. The largest absolute Gasteiger partial charge is 0.468 e. The number of aromatic nitrogens is 1. The van der Waals surface area contributed by atoms with Crippen molar-refractivity contribution in [3.8, 4) is 0 Å². The van der Waals surface area contributed by atoms with Crippen LogP contribution in [0.1, 0.15) is 10.4 Å². The molecular formula is C12H13N3O3. The first-order chi connectivity index (χ1) is 8.61. The summed E-state index contributed by atoms with van der Waals surface area (Å²) in [7, 11) is 1.26. The number of amides is 1. The third-order valence-electron chi connectivity index (χ3n) is 2.57. The van der Waals surface area contributed by atoms with Gasteiger partial charge in [-0.15, -0.1) is 0 Å². The monoisotopic (exact) mass is 247 g/mol. The Bertz CT molecular complexity index is 604. The zero-order valence-corrected chi connectivity index (χ0v) is 9.82. The highest BCUT2D eigenvalue weighted by Gasteiger charge is 2.13. The molecule has 94 valence electrons. The Morgan fingerprint density at radius 3 is 2.94 bits per heavy atom. The Labute approximate surface area is 103 Å². The van der Waals surface area contributed by atoms with Gasteiger partial charge < -0.3 is 20.8 Å². The maximum atomic E-state index is 11.9. The van der Waals surface area contributed by atoms with Crippen LogP contribution in [0.15, 0.2) is 24.4 Å². The second-order valence-corrected chi connectivity index (χ2v) is 3.77. The predicted molar refractivity (Wildman–Crippen MR) is 67.1 cm³/mol. The molecule has 0 aliphatic carbocycles. The van der Waals surface area contributed by atoms with Crippen molar-refractivity contribution in [1.82, 2.24) is 10.3 Å². The number of carbonyl (C=O) groups excluding carboxylic acids is 2. The summed E-state index contributed by atoms with van der Waals surface area (Å²) in [4.78, 5) is 25.8. The number of aromatic amines is 1. The van der Waals surface area contributed by atoms with Crippen molar-refractivity contribution in [2.75, 3.05) is 19.4 Å². The number of benzene rings is 1. The smallest absolute Gasteiger partial charge is 0.325 e. The van der Waals surface area contributed by atoms with Gasteiger partial charge in [-0.2, -0.15) is 0 Å². The number of anilines is 1. The summed E-state index contributed by atoms with van der Waals surface area (Å²) in [5, 5.41) is 3.19. The van der Waals surface area contributed by atoms with Crippen LogP contribution >= 0.6 is 0 Å². The van der Waals surface area contributed by atoms with Gasteiger partial charge in [-0.3, -0.25) is 9.59 Å². The summed E-state index contributed by atoms with van der Waals surface area (Å²) in [6.45, 7) is -0.162. The molecule has 6 heteroatoms. The van der Waals surface area contributed by atoms with E-state index in [1.54, 1.807) is 24.4 Å². The lowest BCUT2D eigenvalue weighted by Gasteiger charge is -2.03. The number of methoxy groups -OCH3 is 1. The molecule has 0 fully saturated rings. The lowest BCUT2D eigenvalue weighted by atomic mass is 10.1. The Balaban J connectivity index is 2.22. The molecule has 1 amide bonds. The summed E-state index contributed by atoms with van der Waals surface area (Å²) in [5.41, 5.74) is 7.51. The van der Waals surface area contributed by atoms with Crippen LogP contribution in [0.4, 0.5) is 5.69 Å². The van der Waals surface area contributed by atoms with Gasteiger partial charge in [0.05, 0.1) is 12.7 Å². The highest BCUT2D eigenvalue weighted by molar-refractivity contribution is 6.08. The maximum Gasteiger partial charge on any atom is 0.325 e. The van der Waals surface area contributed by atoms with Gasteiger partial charge >= 0.3 is 5.97 Å². The molecule has 2 rings (SSSR count). The minimum Gasteiger partial charge on any atom is -0.468 e. The molecule has 0 aliphatic rings. The Hall–Kier alpha value is -2.50. The molecule has 6 nitrogen and oxygen atoms in total. The van der Waals surface area contributed by atoms with Crippen molar-refractivity contribution in [3.05, 3.63) is 30.0 Å². The van der Waals surface area contributed by atoms with Crippen LogP contribution in [0, 0.1) is 0 Å². The van der Waals surface area contributed by atoms with E-state index in [1.165, 1.54) is 7.11 Å². The number of H-pyrrole nitrogens is 1. The second kappa shape index (κ2) is 4.79. The van der Waals surface area contributed by atoms with Crippen LogP contribution < -0.4 is 11.1 Å². The topological polar surface area (TPSA) is 97.2 Å². The lowest BCUT2D eigenvalue weighted by molar-refractivity contribution is -0.139. The van der Waals surface area contributed by atoms with Gasteiger partial charge in [0, 0.05) is 22.8 Å². The third kappa shape index (κ3) is 2.27. The predicted octanol–water partition coefficient (Wildman–Crippen LogP) is 0.653. The van der Waals surface area contributed by atoms with E-state index in [4.69, 9.17) is 5.73 Å². The number of hydrogen-bond donors (Lipinski definition) is 3. The lowest BCUT2D eigenvalue weighted by Crippen LogP contribution is -2.29. The number of nitrogens with one attached hydrogen (secondary N) is 2. The first-order valence-electron chi connectivity index (χ1n) is 5.33. The standard InChI is InChI=1S/C12H13N3O3/c1-18-11(16)6-15-12(17)9-5-14-10-3-2-7(13)4-8(9)10/h2-5,14H,6,13H2,1H3,(H,15,17). The number of rotatable bonds is 3. The SMILES string of the molecule is COC(=O)CNC(=O)c1c[nH]c2ccc(N)cc12. The van der Waals surface area contributed by atoms with Gasteiger partial charge in [0.25, 0.3) is 5.91 Å². The quantitative estimate of drug-likeness (QED) is 0.548. The number of esters is 1. The maximum absolute atomic E-state index is 11.9. The molecule has 0 unspecified atom stereocenters. The Morgan fingerprint density at radius 1 is 1.44 bits per heavy atom. The molecule has 0 aliphatic heterocycles. The molecule has 0 radical (unpaired) electrons. The van der Waals surface area contributed by atoms with E-state index in [-0.39, 0.29) is 12.5 Å². The average Bonchev–Trinajstić information content (AvgIpc) is 2.78. The number of hydrogen-bond acceptors (Lipinski definition) is 4. The van der Waals surface area contributed by atoms with Crippen molar-refractivity contribution in [1.29, 1.82) is 0 Å². The number of carbonyl (C=O) groups is 2. The van der Waals surface area contributed by atoms with Gasteiger partial charge in [-0.05, 0) is 18.2 Å². The minimum absolute atomic E-state index is 0.162. The molecule has 0 saturated heterocycles. The summed E-state index contributed by atoms with van der Waals surface area (Å²) >= 11 is 0. The van der Waals surface area contributed by atoms with Crippen LogP contribution in [-0.2, 0) is 9.53 Å². The van der Waals surface area contributed by atoms with Gasteiger partial charge in [0.1, 0.15) is 6.54 Å². The highest BCUT2D eigenvalue weighted by Crippen LogP contribution is 2.20. The summed E-state index contributed by atoms with van der Waals surface area (Å²) in [6, 6.07) is 5.25. The molecule has 2 aromatic rings. The summed E-state index contributed by atoms with van der Waals surface area (Å²) in [5.74, 6) is -0.847. The fourth-order valence-electron chi connectivity index (χ4n) is 1.65. The van der Waals surface area contributed by atoms with Crippen LogP contribution in [-0.4, -0.2) is 30.5 Å². The normalized spacial score (nSPS) is 10.3. The first kappa shape index (κ1) is 12.0. The van der Waals surface area contributed by atoms with Gasteiger partial charge in [-0.25, -0.2) is 0 Å². The minimum atomic E-state index is -0.497. The molecular weight excluding hydrogens is 234 g/mol. The fraction of sp³-hybridized carbons (Fsp3) is 0.167. The molecule has 0 spiro atoms. The zero-order chi connectivity index (χ0) is 13.1. The van der Waals surface area contributed by atoms with E-state index >= 15 is 0 Å².